The van der Waals surface area contributed by atoms with E-state index in [2.05, 4.69) is 61.3 Å². The Morgan fingerprint density at radius 3 is 2.56 bits per heavy atom. The number of hydrogen-bond acceptors (Lipinski definition) is 6. The van der Waals surface area contributed by atoms with Crippen LogP contribution in [0.1, 0.15) is 10.9 Å². The minimum Gasteiger partial charge on any atom is -0.370 e. The van der Waals surface area contributed by atoms with Gasteiger partial charge in [0.1, 0.15) is 0 Å². The molecule has 2 aromatic heterocycles. The first-order valence-electron chi connectivity index (χ1n) is 8.42. The number of likely N-dealkylation sites (N-methyl/N-ethyl adjacent to an activating group) is 1. The second-order valence-corrected chi connectivity index (χ2v) is 7.20. The predicted octanol–water partition coefficient (Wildman–Crippen LogP) is 1.28. The van der Waals surface area contributed by atoms with Gasteiger partial charge >= 0.3 is 0 Å². The molecule has 2 aromatic rings. The quantitative estimate of drug-likeness (QED) is 0.640. The molecule has 25 heavy (non-hydrogen) atoms. The monoisotopic (exact) mass is 359 g/mol. The Morgan fingerprint density at radius 2 is 1.96 bits per heavy atom. The molecule has 2 N–H and O–H groups in total. The van der Waals surface area contributed by atoms with Crippen molar-refractivity contribution in [3.63, 3.8) is 0 Å². The van der Waals surface area contributed by atoms with Gasteiger partial charge in [-0.25, -0.2) is 9.97 Å². The molecule has 0 radical (unpaired) electrons. The van der Waals surface area contributed by atoms with Crippen LogP contribution in [0, 0.1) is 0 Å². The lowest BCUT2D eigenvalue weighted by Crippen LogP contribution is -2.51. The fraction of sp³-hybridized carbons (Fsp3) is 0.471. The summed E-state index contributed by atoms with van der Waals surface area (Å²) in [5.74, 6) is 1.40. The smallest absolute Gasteiger partial charge is 0.225 e. The Labute approximate surface area is 152 Å². The van der Waals surface area contributed by atoms with Gasteiger partial charge in [0, 0.05) is 43.4 Å². The van der Waals surface area contributed by atoms with Crippen LogP contribution in [-0.4, -0.2) is 72.5 Å². The zero-order valence-corrected chi connectivity index (χ0v) is 15.6. The fourth-order valence-corrected chi connectivity index (χ4v) is 3.77. The lowest BCUT2D eigenvalue weighted by Gasteiger charge is -2.35. The number of guanidine groups is 1. The van der Waals surface area contributed by atoms with E-state index in [-0.39, 0.29) is 6.04 Å². The van der Waals surface area contributed by atoms with Gasteiger partial charge in [-0.15, -0.1) is 11.3 Å². The topological polar surface area (TPSA) is 73.9 Å². The highest BCUT2D eigenvalue weighted by Gasteiger charge is 2.21. The van der Waals surface area contributed by atoms with Gasteiger partial charge in [0.2, 0.25) is 5.95 Å². The summed E-state index contributed by atoms with van der Waals surface area (Å²) in [6.07, 6.45) is 3.55. The van der Waals surface area contributed by atoms with Gasteiger partial charge in [-0.05, 0) is 31.6 Å². The van der Waals surface area contributed by atoms with Crippen molar-refractivity contribution in [3.8, 4) is 0 Å². The normalized spacial score (nSPS) is 17.2. The molecule has 8 heteroatoms. The molecule has 0 amide bonds. The SMILES string of the molecule is CN(C)C(CN=C(N)N1CCN(c2ncccn2)CC1)c1cccs1. The molecule has 1 aliphatic heterocycles. The Morgan fingerprint density at radius 1 is 1.24 bits per heavy atom. The molecule has 3 rings (SSSR count). The summed E-state index contributed by atoms with van der Waals surface area (Å²) in [7, 11) is 4.16. The number of aliphatic imine (C=N–C) groups is 1. The van der Waals surface area contributed by atoms with Crippen molar-refractivity contribution >= 4 is 23.2 Å². The van der Waals surface area contributed by atoms with E-state index >= 15 is 0 Å². The van der Waals surface area contributed by atoms with E-state index < -0.39 is 0 Å². The molecule has 3 heterocycles. The number of nitrogens with zero attached hydrogens (tertiary/aromatic N) is 6. The second kappa shape index (κ2) is 8.26. The minimum atomic E-state index is 0.262. The summed E-state index contributed by atoms with van der Waals surface area (Å²) >= 11 is 1.76. The van der Waals surface area contributed by atoms with Crippen molar-refractivity contribution in [3.05, 3.63) is 40.8 Å². The van der Waals surface area contributed by atoms with Crippen molar-refractivity contribution in [2.75, 3.05) is 51.7 Å². The van der Waals surface area contributed by atoms with Crippen molar-refractivity contribution in [2.45, 2.75) is 6.04 Å². The number of hydrogen-bond donors (Lipinski definition) is 1. The van der Waals surface area contributed by atoms with Crippen molar-refractivity contribution in [1.82, 2.24) is 19.8 Å². The van der Waals surface area contributed by atoms with E-state index in [1.54, 1.807) is 23.7 Å². The average molecular weight is 360 g/mol. The average Bonchev–Trinajstić information content (AvgIpc) is 3.16. The Kier molecular flexibility index (Phi) is 5.83. The third-order valence-electron chi connectivity index (χ3n) is 4.36. The highest BCUT2D eigenvalue weighted by Crippen LogP contribution is 2.23. The molecule has 1 unspecified atom stereocenters. The van der Waals surface area contributed by atoms with Gasteiger partial charge in [0.05, 0.1) is 12.6 Å². The lowest BCUT2D eigenvalue weighted by molar-refractivity contribution is 0.308. The second-order valence-electron chi connectivity index (χ2n) is 6.22. The summed E-state index contributed by atoms with van der Waals surface area (Å²) in [5, 5.41) is 2.10. The van der Waals surface area contributed by atoms with Crippen LogP contribution >= 0.6 is 11.3 Å². The molecule has 0 aromatic carbocycles. The standard InChI is InChI=1S/C17H25N7S/c1-22(2)14(15-5-3-12-25-15)13-21-16(18)23-8-10-24(11-9-23)17-19-6-4-7-20-17/h3-7,12,14H,8-11,13H2,1-2H3,(H2,18,21). The van der Waals surface area contributed by atoms with Gasteiger partial charge in [-0.3, -0.25) is 4.99 Å². The molecule has 134 valence electrons. The van der Waals surface area contributed by atoms with Gasteiger partial charge in [0.25, 0.3) is 0 Å². The lowest BCUT2D eigenvalue weighted by atomic mass is 10.2. The maximum atomic E-state index is 6.25. The highest BCUT2D eigenvalue weighted by molar-refractivity contribution is 7.10. The molecular formula is C17H25N7S. The summed E-state index contributed by atoms with van der Waals surface area (Å²) in [4.78, 5) is 21.1. The Balaban J connectivity index is 1.56. The first-order valence-corrected chi connectivity index (χ1v) is 9.30. The number of thiophene rings is 1. The van der Waals surface area contributed by atoms with Crippen molar-refractivity contribution in [2.24, 2.45) is 10.7 Å². The molecule has 0 spiro atoms. The summed E-state index contributed by atoms with van der Waals surface area (Å²) < 4.78 is 0. The summed E-state index contributed by atoms with van der Waals surface area (Å²) in [5.41, 5.74) is 6.25. The van der Waals surface area contributed by atoms with Gasteiger partial charge in [0.15, 0.2) is 5.96 Å². The van der Waals surface area contributed by atoms with Gasteiger partial charge in [-0.1, -0.05) is 6.07 Å². The third kappa shape index (κ3) is 4.46. The van der Waals surface area contributed by atoms with Crippen LogP contribution in [0.25, 0.3) is 0 Å². The molecule has 0 aliphatic carbocycles. The van der Waals surface area contributed by atoms with E-state index in [1.807, 2.05) is 6.07 Å². The van der Waals surface area contributed by atoms with E-state index in [1.165, 1.54) is 4.88 Å². The van der Waals surface area contributed by atoms with Crippen LogP contribution in [0.5, 0.6) is 0 Å². The van der Waals surface area contributed by atoms with Crippen molar-refractivity contribution < 1.29 is 0 Å². The van der Waals surface area contributed by atoms with Crippen LogP contribution in [0.15, 0.2) is 41.0 Å². The van der Waals surface area contributed by atoms with E-state index in [4.69, 9.17) is 5.73 Å². The summed E-state index contributed by atoms with van der Waals surface area (Å²) in [6.45, 7) is 4.03. The van der Waals surface area contributed by atoms with E-state index in [0.717, 1.165) is 32.1 Å². The maximum absolute atomic E-state index is 6.25. The van der Waals surface area contributed by atoms with Crippen LogP contribution in [0.4, 0.5) is 5.95 Å². The van der Waals surface area contributed by atoms with Crippen LogP contribution in [-0.2, 0) is 0 Å². The first-order chi connectivity index (χ1) is 12.1. The zero-order valence-electron chi connectivity index (χ0n) is 14.7. The van der Waals surface area contributed by atoms with Crippen molar-refractivity contribution in [1.29, 1.82) is 0 Å². The maximum Gasteiger partial charge on any atom is 0.225 e. The van der Waals surface area contributed by atoms with Gasteiger partial charge < -0.3 is 20.4 Å². The van der Waals surface area contributed by atoms with Crippen LogP contribution in [0.2, 0.25) is 0 Å². The van der Waals surface area contributed by atoms with Gasteiger partial charge in [-0.2, -0.15) is 0 Å². The van der Waals surface area contributed by atoms with E-state index in [0.29, 0.717) is 12.5 Å². The Hall–Kier alpha value is -2.19. The summed E-state index contributed by atoms with van der Waals surface area (Å²) in [6, 6.07) is 6.32. The first kappa shape index (κ1) is 17.6. The minimum absolute atomic E-state index is 0.262. The highest BCUT2D eigenvalue weighted by atomic mass is 32.1. The number of rotatable bonds is 5. The molecule has 1 aliphatic rings. The molecule has 0 bridgehead atoms. The van der Waals surface area contributed by atoms with Crippen LogP contribution < -0.4 is 10.6 Å². The Bertz CT molecular complexity index is 664. The number of anilines is 1. The largest absolute Gasteiger partial charge is 0.370 e. The molecule has 0 saturated carbocycles. The number of piperazine rings is 1. The number of nitrogens with two attached hydrogens (primary N) is 1. The zero-order chi connectivity index (χ0) is 17.6. The predicted molar refractivity (Wildman–Crippen MR) is 103 cm³/mol. The van der Waals surface area contributed by atoms with E-state index in [9.17, 15) is 0 Å². The molecule has 1 atom stereocenters. The molecular weight excluding hydrogens is 334 g/mol. The van der Waals surface area contributed by atoms with Crippen LogP contribution in [0.3, 0.4) is 0 Å². The third-order valence-corrected chi connectivity index (χ3v) is 5.33. The molecule has 1 saturated heterocycles. The molecule has 7 nitrogen and oxygen atoms in total. The fourth-order valence-electron chi connectivity index (χ4n) is 2.86. The number of aromatic nitrogens is 2. The molecule has 1 fully saturated rings.